The maximum Gasteiger partial charge on any atom is 0.261 e. The van der Waals surface area contributed by atoms with Crippen molar-refractivity contribution >= 4 is 28.1 Å². The molecular formula is C17H18N4O2S. The number of rotatable bonds is 5. The molecule has 1 aromatic carbocycles. The van der Waals surface area contributed by atoms with Crippen LogP contribution in [0, 0.1) is 6.92 Å². The van der Waals surface area contributed by atoms with Gasteiger partial charge in [0, 0.05) is 24.9 Å². The van der Waals surface area contributed by atoms with Gasteiger partial charge >= 0.3 is 0 Å². The molecule has 2 heterocycles. The van der Waals surface area contributed by atoms with Gasteiger partial charge in [-0.3, -0.25) is 14.2 Å². The Bertz CT molecular complexity index is 931. The van der Waals surface area contributed by atoms with Crippen LogP contribution in [0.3, 0.4) is 0 Å². The number of carbonyl (C=O) groups is 1. The van der Waals surface area contributed by atoms with Gasteiger partial charge < -0.3 is 4.90 Å². The molecule has 1 amide bonds. The molecule has 24 heavy (non-hydrogen) atoms. The molecule has 0 aliphatic carbocycles. The van der Waals surface area contributed by atoms with Crippen molar-refractivity contribution in [2.75, 3.05) is 13.6 Å². The molecule has 0 radical (unpaired) electrons. The van der Waals surface area contributed by atoms with Crippen LogP contribution >= 0.6 is 11.3 Å². The summed E-state index contributed by atoms with van der Waals surface area (Å²) >= 11 is 1.60. The normalized spacial score (nSPS) is 10.9. The Hall–Kier alpha value is -2.54. The zero-order valence-corrected chi connectivity index (χ0v) is 14.4. The zero-order valence-electron chi connectivity index (χ0n) is 13.6. The molecule has 0 fully saturated rings. The number of benzene rings is 1. The van der Waals surface area contributed by atoms with Gasteiger partial charge in [0.15, 0.2) is 0 Å². The van der Waals surface area contributed by atoms with E-state index in [2.05, 4.69) is 9.97 Å². The van der Waals surface area contributed by atoms with Crippen molar-refractivity contribution in [1.82, 2.24) is 19.4 Å². The monoisotopic (exact) mass is 342 g/mol. The summed E-state index contributed by atoms with van der Waals surface area (Å²) in [6, 6.07) is 7.13. The van der Waals surface area contributed by atoms with Crippen LogP contribution in [0.1, 0.15) is 10.6 Å². The van der Waals surface area contributed by atoms with Gasteiger partial charge in [0.2, 0.25) is 5.91 Å². The van der Waals surface area contributed by atoms with Crippen LogP contribution < -0.4 is 5.56 Å². The van der Waals surface area contributed by atoms with Gasteiger partial charge in [0.05, 0.1) is 28.4 Å². The lowest BCUT2D eigenvalue weighted by molar-refractivity contribution is -0.130. The van der Waals surface area contributed by atoms with Crippen LogP contribution in [0.5, 0.6) is 0 Å². The molecule has 3 aromatic rings. The van der Waals surface area contributed by atoms with Gasteiger partial charge in [0.1, 0.15) is 6.54 Å². The fourth-order valence-corrected chi connectivity index (χ4v) is 3.22. The largest absolute Gasteiger partial charge is 0.344 e. The molecule has 124 valence electrons. The topological polar surface area (TPSA) is 68.1 Å². The first-order valence-corrected chi connectivity index (χ1v) is 8.51. The number of likely N-dealkylation sites (N-methyl/N-ethyl adjacent to an activating group) is 1. The smallest absolute Gasteiger partial charge is 0.261 e. The summed E-state index contributed by atoms with van der Waals surface area (Å²) in [7, 11) is 1.75. The van der Waals surface area contributed by atoms with Gasteiger partial charge in [-0.05, 0) is 19.1 Å². The second-order valence-electron chi connectivity index (χ2n) is 5.62. The Morgan fingerprint density at radius 3 is 2.83 bits per heavy atom. The average molecular weight is 342 g/mol. The van der Waals surface area contributed by atoms with Crippen molar-refractivity contribution in [2.45, 2.75) is 19.9 Å². The van der Waals surface area contributed by atoms with Crippen LogP contribution in [0.4, 0.5) is 0 Å². The van der Waals surface area contributed by atoms with Crippen LogP contribution in [0.2, 0.25) is 0 Å². The van der Waals surface area contributed by atoms with Crippen molar-refractivity contribution in [3.63, 3.8) is 0 Å². The van der Waals surface area contributed by atoms with Gasteiger partial charge in [-0.2, -0.15) is 0 Å². The highest BCUT2D eigenvalue weighted by molar-refractivity contribution is 7.09. The summed E-state index contributed by atoms with van der Waals surface area (Å²) in [6.45, 7) is 2.56. The number of hydrogen-bond donors (Lipinski definition) is 0. The molecular weight excluding hydrogens is 324 g/mol. The molecule has 0 spiro atoms. The third-order valence-corrected chi connectivity index (χ3v) is 4.98. The Labute approximate surface area is 143 Å². The summed E-state index contributed by atoms with van der Waals surface area (Å²) in [5.41, 5.74) is 3.27. The predicted molar refractivity (Wildman–Crippen MR) is 94.2 cm³/mol. The zero-order chi connectivity index (χ0) is 17.1. The molecule has 2 aromatic heterocycles. The number of nitrogens with zero attached hydrogens (tertiary/aromatic N) is 4. The van der Waals surface area contributed by atoms with Crippen LogP contribution in [0.15, 0.2) is 40.9 Å². The highest BCUT2D eigenvalue weighted by Crippen LogP contribution is 2.13. The summed E-state index contributed by atoms with van der Waals surface area (Å²) < 4.78 is 1.36. The van der Waals surface area contributed by atoms with E-state index in [0.717, 1.165) is 12.1 Å². The molecule has 0 saturated carbocycles. The second-order valence-corrected chi connectivity index (χ2v) is 6.56. The quantitative estimate of drug-likeness (QED) is 0.710. The molecule has 0 unspecified atom stereocenters. The Morgan fingerprint density at radius 2 is 2.08 bits per heavy atom. The highest BCUT2D eigenvalue weighted by atomic mass is 32.1. The minimum Gasteiger partial charge on any atom is -0.344 e. The van der Waals surface area contributed by atoms with E-state index in [9.17, 15) is 9.59 Å². The Balaban J connectivity index is 1.69. The molecule has 6 nitrogen and oxygen atoms in total. The summed E-state index contributed by atoms with van der Waals surface area (Å²) in [6.07, 6.45) is 2.20. The number of fused-ring (bicyclic) bond motifs is 1. The van der Waals surface area contributed by atoms with E-state index in [-0.39, 0.29) is 18.0 Å². The second kappa shape index (κ2) is 6.92. The minimum absolute atomic E-state index is 0.00512. The summed E-state index contributed by atoms with van der Waals surface area (Å²) in [4.78, 5) is 36.1. The van der Waals surface area contributed by atoms with Crippen molar-refractivity contribution in [3.05, 3.63) is 57.0 Å². The predicted octanol–water partition coefficient (Wildman–Crippen LogP) is 1.86. The lowest BCUT2D eigenvalue weighted by atomic mass is 10.2. The first kappa shape index (κ1) is 16.3. The summed E-state index contributed by atoms with van der Waals surface area (Å²) in [5.74, 6) is -0.114. The molecule has 0 saturated heterocycles. The lowest BCUT2D eigenvalue weighted by Gasteiger charge is -2.17. The molecule has 0 aliphatic heterocycles. The fraction of sp³-hybridized carbons (Fsp3) is 0.294. The van der Waals surface area contributed by atoms with Crippen LogP contribution in [-0.4, -0.2) is 38.9 Å². The lowest BCUT2D eigenvalue weighted by Crippen LogP contribution is -2.35. The van der Waals surface area contributed by atoms with Crippen molar-refractivity contribution < 1.29 is 4.79 Å². The Kier molecular flexibility index (Phi) is 4.71. The first-order chi connectivity index (χ1) is 11.6. The number of hydrogen-bond acceptors (Lipinski definition) is 5. The maximum absolute atomic E-state index is 12.4. The molecule has 0 atom stereocenters. The van der Waals surface area contributed by atoms with E-state index in [1.165, 1.54) is 15.8 Å². The number of amides is 1. The number of carbonyl (C=O) groups excluding carboxylic acids is 1. The number of aromatic nitrogens is 3. The van der Waals surface area contributed by atoms with Gasteiger partial charge in [-0.1, -0.05) is 12.1 Å². The van der Waals surface area contributed by atoms with E-state index in [4.69, 9.17) is 0 Å². The number of thiazole rings is 1. The molecule has 0 aliphatic rings. The van der Waals surface area contributed by atoms with E-state index < -0.39 is 0 Å². The van der Waals surface area contributed by atoms with Gasteiger partial charge in [-0.15, -0.1) is 11.3 Å². The average Bonchev–Trinajstić information content (AvgIpc) is 3.00. The van der Waals surface area contributed by atoms with Crippen LogP contribution in [-0.2, 0) is 17.8 Å². The maximum atomic E-state index is 12.4. The standard InChI is InChI=1S/C17H18N4O2S/c1-12-15(24-11-19-12)7-8-20(2)16(22)9-21-10-18-14-6-4-3-5-13(14)17(21)23/h3-6,10-11H,7-9H2,1-2H3. The van der Waals surface area contributed by atoms with E-state index in [1.807, 2.05) is 18.5 Å². The molecule has 7 heteroatoms. The van der Waals surface area contributed by atoms with E-state index in [1.54, 1.807) is 41.5 Å². The first-order valence-electron chi connectivity index (χ1n) is 7.63. The SMILES string of the molecule is Cc1ncsc1CCN(C)C(=O)Cn1cnc2ccccc2c1=O. The third kappa shape index (κ3) is 3.35. The van der Waals surface area contributed by atoms with Crippen molar-refractivity contribution in [1.29, 1.82) is 0 Å². The Morgan fingerprint density at radius 1 is 1.29 bits per heavy atom. The molecule has 0 bridgehead atoms. The van der Waals surface area contributed by atoms with Gasteiger partial charge in [0.25, 0.3) is 5.56 Å². The molecule has 3 rings (SSSR count). The summed E-state index contributed by atoms with van der Waals surface area (Å²) in [5, 5.41) is 0.524. The number of para-hydroxylation sites is 1. The minimum atomic E-state index is -0.194. The van der Waals surface area contributed by atoms with Gasteiger partial charge in [-0.25, -0.2) is 9.97 Å². The number of aryl methyl sites for hydroxylation is 1. The highest BCUT2D eigenvalue weighted by Gasteiger charge is 2.13. The van der Waals surface area contributed by atoms with E-state index in [0.29, 0.717) is 17.4 Å². The fourth-order valence-electron chi connectivity index (χ4n) is 2.45. The van der Waals surface area contributed by atoms with E-state index >= 15 is 0 Å². The van der Waals surface area contributed by atoms with Crippen molar-refractivity contribution in [2.24, 2.45) is 0 Å². The third-order valence-electron chi connectivity index (χ3n) is 3.98. The molecule has 0 N–H and O–H groups in total. The van der Waals surface area contributed by atoms with Crippen LogP contribution in [0.25, 0.3) is 10.9 Å². The van der Waals surface area contributed by atoms with Crippen molar-refractivity contribution in [3.8, 4) is 0 Å².